The highest BCUT2D eigenvalue weighted by Crippen LogP contribution is 2.69. The highest BCUT2D eigenvalue weighted by atomic mass is 16.5. The molecule has 2 aromatic rings. The Bertz CT molecular complexity index is 1220. The molecule has 1 aromatic heterocycles. The van der Waals surface area contributed by atoms with Crippen molar-refractivity contribution in [2.24, 2.45) is 52.3 Å². The summed E-state index contributed by atoms with van der Waals surface area (Å²) in [6.07, 6.45) is 9.08. The van der Waals surface area contributed by atoms with Crippen molar-refractivity contribution in [2.75, 3.05) is 7.11 Å². The van der Waals surface area contributed by atoms with Crippen LogP contribution in [-0.4, -0.2) is 38.6 Å². The van der Waals surface area contributed by atoms with Gasteiger partial charge in [-0.25, -0.2) is 4.68 Å². The number of methoxy groups -OCH3 is 1. The van der Waals surface area contributed by atoms with Crippen molar-refractivity contribution in [1.82, 2.24) is 15.0 Å². The van der Waals surface area contributed by atoms with Crippen LogP contribution in [0.5, 0.6) is 5.75 Å². The Morgan fingerprint density at radius 1 is 1.11 bits per heavy atom. The van der Waals surface area contributed by atoms with E-state index in [2.05, 4.69) is 38.0 Å². The average Bonchev–Trinajstić information content (AvgIpc) is 3.42. The third-order valence-corrected chi connectivity index (χ3v) is 12.3. The highest BCUT2D eigenvalue weighted by molar-refractivity contribution is 5.84. The van der Waals surface area contributed by atoms with E-state index in [1.807, 2.05) is 25.1 Å². The normalized spacial score (nSPS) is 42.5. The molecular weight excluding hydrogens is 474 g/mol. The number of hydrogen-bond acceptors (Lipinski definition) is 5. The van der Waals surface area contributed by atoms with Crippen molar-refractivity contribution in [3.63, 3.8) is 0 Å². The predicted octanol–water partition coefficient (Wildman–Crippen LogP) is 6.30. The van der Waals surface area contributed by atoms with E-state index in [-0.39, 0.29) is 17.9 Å². The predicted molar refractivity (Wildman–Crippen MR) is 149 cm³/mol. The van der Waals surface area contributed by atoms with Gasteiger partial charge < -0.3 is 9.84 Å². The van der Waals surface area contributed by atoms with Gasteiger partial charge in [0.05, 0.1) is 18.2 Å². The third-order valence-electron chi connectivity index (χ3n) is 12.3. The number of carbonyl (C=O) groups is 1. The standard InChI is InChI=1S/C32H47N3O3/c1-19(2)23-16-25-22-9-7-20-17-30(3,37)13-14-31(20,4)24(22)11-12-32(25,5)29(23)28(36)18-35-27-15-21(38-6)8-10-26(27)33-34-35/h8,10,15,19-20,22-25,29,37H,7,9,11-14,16-18H2,1-6H3/t20-,22+,23-,24-,25-,29+,30+,31-,32-/m0/s1. The molecule has 0 unspecified atom stereocenters. The molecule has 0 radical (unpaired) electrons. The van der Waals surface area contributed by atoms with Crippen molar-refractivity contribution in [3.8, 4) is 5.75 Å². The fraction of sp³-hybridized carbons (Fsp3) is 0.781. The molecule has 38 heavy (non-hydrogen) atoms. The van der Waals surface area contributed by atoms with Crippen molar-refractivity contribution in [2.45, 2.75) is 98.1 Å². The Hall–Kier alpha value is -1.95. The van der Waals surface area contributed by atoms with Gasteiger partial charge in [-0.3, -0.25) is 4.79 Å². The van der Waals surface area contributed by atoms with Gasteiger partial charge in [0.2, 0.25) is 0 Å². The molecule has 6 heteroatoms. The van der Waals surface area contributed by atoms with E-state index in [4.69, 9.17) is 4.74 Å². The zero-order chi connectivity index (χ0) is 27.0. The van der Waals surface area contributed by atoms with Crippen molar-refractivity contribution in [3.05, 3.63) is 18.2 Å². The Morgan fingerprint density at radius 2 is 1.89 bits per heavy atom. The molecule has 0 bridgehead atoms. The summed E-state index contributed by atoms with van der Waals surface area (Å²) in [5.41, 5.74) is 1.54. The summed E-state index contributed by atoms with van der Waals surface area (Å²) in [6, 6.07) is 5.74. The highest BCUT2D eigenvalue weighted by Gasteiger charge is 2.64. The Labute approximate surface area is 227 Å². The van der Waals surface area contributed by atoms with Crippen LogP contribution in [0, 0.1) is 52.3 Å². The van der Waals surface area contributed by atoms with Gasteiger partial charge in [-0.05, 0) is 117 Å². The summed E-state index contributed by atoms with van der Waals surface area (Å²) in [6.45, 7) is 12.0. The van der Waals surface area contributed by atoms with Gasteiger partial charge in [-0.1, -0.05) is 32.9 Å². The second-order valence-electron chi connectivity index (χ2n) is 14.6. The second-order valence-corrected chi connectivity index (χ2v) is 14.6. The van der Waals surface area contributed by atoms with Gasteiger partial charge in [-0.2, -0.15) is 0 Å². The van der Waals surface area contributed by atoms with E-state index in [0.29, 0.717) is 40.8 Å². The lowest BCUT2D eigenvalue weighted by atomic mass is 9.44. The lowest BCUT2D eigenvalue weighted by Crippen LogP contribution is -2.55. The van der Waals surface area contributed by atoms with Crippen LogP contribution >= 0.6 is 0 Å². The Morgan fingerprint density at radius 3 is 2.63 bits per heavy atom. The molecule has 4 saturated carbocycles. The molecule has 6 nitrogen and oxygen atoms in total. The van der Waals surface area contributed by atoms with Gasteiger partial charge in [0.1, 0.15) is 17.8 Å². The topological polar surface area (TPSA) is 77.2 Å². The summed E-state index contributed by atoms with van der Waals surface area (Å²) in [5.74, 6) is 4.72. The summed E-state index contributed by atoms with van der Waals surface area (Å²) >= 11 is 0. The molecule has 1 N–H and O–H groups in total. The zero-order valence-corrected chi connectivity index (χ0v) is 24.2. The molecule has 4 aliphatic carbocycles. The van der Waals surface area contributed by atoms with Crippen LogP contribution in [0.1, 0.15) is 86.0 Å². The first kappa shape index (κ1) is 26.3. The van der Waals surface area contributed by atoms with Crippen molar-refractivity contribution < 1.29 is 14.6 Å². The van der Waals surface area contributed by atoms with Gasteiger partial charge in [0.25, 0.3) is 0 Å². The van der Waals surface area contributed by atoms with E-state index >= 15 is 0 Å². The lowest BCUT2D eigenvalue weighted by Gasteiger charge is -2.61. The first-order valence-corrected chi connectivity index (χ1v) is 15.1. The molecule has 4 fully saturated rings. The number of carbonyl (C=O) groups excluding carboxylic acids is 1. The van der Waals surface area contributed by atoms with Gasteiger partial charge in [0.15, 0.2) is 5.78 Å². The minimum absolute atomic E-state index is 0.0462. The number of benzene rings is 1. The number of nitrogens with zero attached hydrogens (tertiary/aromatic N) is 3. The van der Waals surface area contributed by atoms with Gasteiger partial charge >= 0.3 is 0 Å². The van der Waals surface area contributed by atoms with Crippen molar-refractivity contribution >= 4 is 16.8 Å². The molecule has 0 amide bonds. The summed E-state index contributed by atoms with van der Waals surface area (Å²) in [7, 11) is 1.66. The Kier molecular flexibility index (Phi) is 6.25. The van der Waals surface area contributed by atoms with Crippen LogP contribution in [0.3, 0.4) is 0 Å². The number of aromatic nitrogens is 3. The fourth-order valence-electron chi connectivity index (χ4n) is 10.2. The molecule has 1 aromatic carbocycles. The van der Waals surface area contributed by atoms with E-state index in [1.165, 1.54) is 25.7 Å². The number of rotatable bonds is 5. The molecule has 0 saturated heterocycles. The smallest absolute Gasteiger partial charge is 0.158 e. The minimum atomic E-state index is -0.497. The van der Waals surface area contributed by atoms with Crippen LogP contribution in [0.4, 0.5) is 0 Å². The maximum absolute atomic E-state index is 14.3. The minimum Gasteiger partial charge on any atom is -0.497 e. The number of ketones is 1. The number of aliphatic hydroxyl groups is 1. The molecule has 4 aliphatic rings. The summed E-state index contributed by atoms with van der Waals surface area (Å²) in [4.78, 5) is 14.3. The molecule has 9 atom stereocenters. The molecule has 0 aliphatic heterocycles. The first-order chi connectivity index (χ1) is 18.0. The molecular formula is C32H47N3O3. The Balaban J connectivity index is 1.29. The largest absolute Gasteiger partial charge is 0.497 e. The second kappa shape index (κ2) is 9.04. The van der Waals surface area contributed by atoms with Gasteiger partial charge in [-0.15, -0.1) is 5.10 Å². The first-order valence-electron chi connectivity index (χ1n) is 15.1. The maximum atomic E-state index is 14.3. The van der Waals surface area contributed by atoms with E-state index in [1.54, 1.807) is 11.8 Å². The van der Waals surface area contributed by atoms with Crippen LogP contribution in [-0.2, 0) is 11.3 Å². The zero-order valence-electron chi connectivity index (χ0n) is 24.2. The SMILES string of the molecule is COc1ccc2nnn(CC(=O)[C@H]3[C@H](C(C)C)C[C@H]4[C@@H]5CC[C@H]6C[C@](C)(O)CC[C@]6(C)[C@H]5CC[C@@]43C)c2c1. The van der Waals surface area contributed by atoms with E-state index in [0.717, 1.165) is 48.4 Å². The quantitative estimate of drug-likeness (QED) is 0.500. The molecule has 1 heterocycles. The van der Waals surface area contributed by atoms with Crippen LogP contribution in [0.2, 0.25) is 0 Å². The third kappa shape index (κ3) is 3.95. The summed E-state index contributed by atoms with van der Waals surface area (Å²) < 4.78 is 7.22. The van der Waals surface area contributed by atoms with Crippen molar-refractivity contribution in [1.29, 1.82) is 0 Å². The van der Waals surface area contributed by atoms with E-state index < -0.39 is 5.60 Å². The maximum Gasteiger partial charge on any atom is 0.158 e. The van der Waals surface area contributed by atoms with Crippen LogP contribution < -0.4 is 4.74 Å². The summed E-state index contributed by atoms with van der Waals surface area (Å²) in [5, 5.41) is 19.6. The number of ether oxygens (including phenoxy) is 1. The average molecular weight is 522 g/mol. The monoisotopic (exact) mass is 521 g/mol. The van der Waals surface area contributed by atoms with Crippen LogP contribution in [0.15, 0.2) is 18.2 Å². The molecule has 0 spiro atoms. The van der Waals surface area contributed by atoms with E-state index in [9.17, 15) is 9.90 Å². The number of fused-ring (bicyclic) bond motifs is 6. The van der Waals surface area contributed by atoms with Crippen LogP contribution in [0.25, 0.3) is 11.0 Å². The van der Waals surface area contributed by atoms with Gasteiger partial charge in [0, 0.05) is 12.0 Å². The number of hydrogen-bond donors (Lipinski definition) is 1. The lowest BCUT2D eigenvalue weighted by molar-refractivity contribution is -0.151. The molecule has 208 valence electrons. The molecule has 6 rings (SSSR count). The fourth-order valence-corrected chi connectivity index (χ4v) is 10.2. The number of Topliss-reactive ketones (excluding diaryl/α,β-unsaturated/α-hetero) is 1.